The second-order valence-corrected chi connectivity index (χ2v) is 4.65. The zero-order chi connectivity index (χ0) is 13.4. The molecule has 2 N–H and O–H groups in total. The van der Waals surface area contributed by atoms with E-state index in [1.807, 2.05) is 0 Å². The van der Waals surface area contributed by atoms with Gasteiger partial charge in [-0.15, -0.1) is 0 Å². The van der Waals surface area contributed by atoms with Gasteiger partial charge in [0.2, 0.25) is 17.7 Å². The van der Waals surface area contributed by atoms with Crippen molar-refractivity contribution in [1.29, 1.82) is 0 Å². The zero-order valence-electron chi connectivity index (χ0n) is 11.1. The van der Waals surface area contributed by atoms with Gasteiger partial charge in [-0.3, -0.25) is 4.79 Å². The molecule has 0 radical (unpaired) electrons. The molecule has 0 aliphatic heterocycles. The lowest BCUT2D eigenvalue weighted by Gasteiger charge is -2.05. The Hall–Kier alpha value is -1.45. The predicted molar refractivity (Wildman–Crippen MR) is 71.0 cm³/mol. The average molecular weight is 253 g/mol. The van der Waals surface area contributed by atoms with E-state index < -0.39 is 0 Å². The fourth-order valence-corrected chi connectivity index (χ4v) is 2.02. The number of aromatic nitrogens is 1. The molecule has 0 aliphatic carbocycles. The zero-order valence-corrected chi connectivity index (χ0v) is 11.1. The third kappa shape index (κ3) is 4.43. The fourth-order valence-electron chi connectivity index (χ4n) is 2.02. The number of hydrogen-bond donors (Lipinski definition) is 2. The molecule has 0 aromatic carbocycles. The van der Waals surface area contributed by atoms with Crippen LogP contribution in [-0.2, 0) is 0 Å². The Labute approximate surface area is 108 Å². The standard InChI is InChI=1S/C14H23NO3/c1-2-3-4-5-6-7-8-9-12(16)15-13(17)10-11-14(15)18/h10-11,17-18H,2-9H2,1H3. The van der Waals surface area contributed by atoms with Crippen LogP contribution in [0.15, 0.2) is 12.1 Å². The maximum atomic E-state index is 11.7. The first-order valence-electron chi connectivity index (χ1n) is 6.79. The van der Waals surface area contributed by atoms with Gasteiger partial charge in [0.15, 0.2) is 0 Å². The van der Waals surface area contributed by atoms with Crippen LogP contribution in [0.25, 0.3) is 0 Å². The summed E-state index contributed by atoms with van der Waals surface area (Å²) in [6.07, 6.45) is 8.36. The molecule has 0 saturated carbocycles. The summed E-state index contributed by atoms with van der Waals surface area (Å²) in [5.41, 5.74) is 0. The first kappa shape index (κ1) is 14.6. The average Bonchev–Trinajstić information content (AvgIpc) is 2.68. The van der Waals surface area contributed by atoms with Crippen LogP contribution in [-0.4, -0.2) is 20.7 Å². The molecular weight excluding hydrogens is 230 g/mol. The molecule has 0 atom stereocenters. The van der Waals surface area contributed by atoms with Crippen LogP contribution in [0.2, 0.25) is 0 Å². The Bertz CT molecular complexity index is 352. The molecular formula is C14H23NO3. The number of hydrogen-bond acceptors (Lipinski definition) is 3. The van der Waals surface area contributed by atoms with Crippen molar-refractivity contribution in [2.75, 3.05) is 0 Å². The lowest BCUT2D eigenvalue weighted by Crippen LogP contribution is -2.08. The molecule has 0 spiro atoms. The van der Waals surface area contributed by atoms with Gasteiger partial charge >= 0.3 is 0 Å². The minimum atomic E-state index is -0.247. The summed E-state index contributed by atoms with van der Waals surface area (Å²) in [4.78, 5) is 11.7. The van der Waals surface area contributed by atoms with E-state index in [0.29, 0.717) is 6.42 Å². The van der Waals surface area contributed by atoms with Crippen LogP contribution in [0.3, 0.4) is 0 Å². The van der Waals surface area contributed by atoms with Gasteiger partial charge in [0, 0.05) is 18.6 Å². The molecule has 0 aliphatic rings. The van der Waals surface area contributed by atoms with Crippen LogP contribution in [0.4, 0.5) is 0 Å². The van der Waals surface area contributed by atoms with E-state index >= 15 is 0 Å². The number of aromatic hydroxyl groups is 2. The third-order valence-corrected chi connectivity index (χ3v) is 3.08. The van der Waals surface area contributed by atoms with Crippen molar-refractivity contribution in [2.45, 2.75) is 58.3 Å². The maximum absolute atomic E-state index is 11.7. The SMILES string of the molecule is CCCCCCCCCC(=O)n1c(O)ccc1O. The topological polar surface area (TPSA) is 62.5 Å². The summed E-state index contributed by atoms with van der Waals surface area (Å²) in [5.74, 6) is -0.635. The summed E-state index contributed by atoms with van der Waals surface area (Å²) in [6, 6.07) is 2.63. The number of carbonyl (C=O) groups excluding carboxylic acids is 1. The largest absolute Gasteiger partial charge is 0.494 e. The molecule has 0 bridgehead atoms. The Kier molecular flexibility index (Phi) is 6.33. The Morgan fingerprint density at radius 3 is 2.06 bits per heavy atom. The summed E-state index contributed by atoms with van der Waals surface area (Å²) >= 11 is 0. The van der Waals surface area contributed by atoms with Gasteiger partial charge in [-0.2, -0.15) is 0 Å². The Morgan fingerprint density at radius 2 is 1.50 bits per heavy atom. The van der Waals surface area contributed by atoms with Crippen LogP contribution in [0, 0.1) is 0 Å². The van der Waals surface area contributed by atoms with E-state index in [9.17, 15) is 15.0 Å². The first-order chi connectivity index (χ1) is 8.66. The Balaban J connectivity index is 2.18. The lowest BCUT2D eigenvalue weighted by atomic mass is 10.1. The van der Waals surface area contributed by atoms with Gasteiger partial charge < -0.3 is 10.2 Å². The number of carbonyl (C=O) groups is 1. The normalized spacial score (nSPS) is 10.7. The van der Waals surface area contributed by atoms with Crippen molar-refractivity contribution < 1.29 is 15.0 Å². The second kappa shape index (κ2) is 7.80. The number of unbranched alkanes of at least 4 members (excludes halogenated alkanes) is 6. The van der Waals surface area contributed by atoms with E-state index in [1.165, 1.54) is 37.8 Å². The molecule has 1 aromatic heterocycles. The van der Waals surface area contributed by atoms with Crippen LogP contribution < -0.4 is 0 Å². The number of nitrogens with zero attached hydrogens (tertiary/aromatic N) is 1. The van der Waals surface area contributed by atoms with Gasteiger partial charge in [0.05, 0.1) is 0 Å². The molecule has 1 rings (SSSR count). The van der Waals surface area contributed by atoms with Crippen molar-refractivity contribution in [1.82, 2.24) is 4.57 Å². The van der Waals surface area contributed by atoms with E-state index in [0.717, 1.165) is 23.8 Å². The minimum Gasteiger partial charge on any atom is -0.494 e. The number of rotatable bonds is 8. The molecule has 1 heterocycles. The van der Waals surface area contributed by atoms with Crippen molar-refractivity contribution in [3.05, 3.63) is 12.1 Å². The molecule has 4 nitrogen and oxygen atoms in total. The van der Waals surface area contributed by atoms with E-state index in [2.05, 4.69) is 6.92 Å². The van der Waals surface area contributed by atoms with Crippen molar-refractivity contribution >= 4 is 5.91 Å². The monoisotopic (exact) mass is 253 g/mol. The predicted octanol–water partition coefficient (Wildman–Crippen LogP) is 3.68. The van der Waals surface area contributed by atoms with Crippen LogP contribution >= 0.6 is 0 Å². The van der Waals surface area contributed by atoms with E-state index in [-0.39, 0.29) is 17.7 Å². The lowest BCUT2D eigenvalue weighted by molar-refractivity contribution is 0.0880. The summed E-state index contributed by atoms with van der Waals surface area (Å²) < 4.78 is 0.955. The highest BCUT2D eigenvalue weighted by molar-refractivity contribution is 5.82. The molecule has 0 unspecified atom stereocenters. The van der Waals surface area contributed by atoms with Crippen LogP contribution in [0.1, 0.15) is 63.1 Å². The molecule has 18 heavy (non-hydrogen) atoms. The van der Waals surface area contributed by atoms with Gasteiger partial charge in [-0.25, -0.2) is 4.57 Å². The highest BCUT2D eigenvalue weighted by atomic mass is 16.3. The molecule has 1 aromatic rings. The summed E-state index contributed by atoms with van der Waals surface area (Å²) in [5, 5.41) is 18.8. The molecule has 0 saturated heterocycles. The molecule has 0 amide bonds. The molecule has 4 heteroatoms. The van der Waals surface area contributed by atoms with Gasteiger partial charge in [0.25, 0.3) is 0 Å². The van der Waals surface area contributed by atoms with Gasteiger partial charge in [-0.05, 0) is 6.42 Å². The third-order valence-electron chi connectivity index (χ3n) is 3.08. The minimum absolute atomic E-state index is 0.194. The second-order valence-electron chi connectivity index (χ2n) is 4.65. The highest BCUT2D eigenvalue weighted by Gasteiger charge is 2.13. The van der Waals surface area contributed by atoms with Gasteiger partial charge in [0.1, 0.15) is 0 Å². The summed E-state index contributed by atoms with van der Waals surface area (Å²) in [6.45, 7) is 2.19. The van der Waals surface area contributed by atoms with Crippen LogP contribution in [0.5, 0.6) is 11.8 Å². The molecule has 102 valence electrons. The smallest absolute Gasteiger partial charge is 0.236 e. The Morgan fingerprint density at radius 1 is 1.00 bits per heavy atom. The maximum Gasteiger partial charge on any atom is 0.236 e. The molecule has 0 fully saturated rings. The van der Waals surface area contributed by atoms with Crippen molar-refractivity contribution in [3.8, 4) is 11.8 Å². The first-order valence-corrected chi connectivity index (χ1v) is 6.79. The van der Waals surface area contributed by atoms with E-state index in [1.54, 1.807) is 0 Å². The summed E-state index contributed by atoms with van der Waals surface area (Å²) in [7, 11) is 0. The van der Waals surface area contributed by atoms with E-state index in [4.69, 9.17) is 0 Å². The van der Waals surface area contributed by atoms with Gasteiger partial charge in [-0.1, -0.05) is 45.4 Å². The highest BCUT2D eigenvalue weighted by Crippen LogP contribution is 2.22. The quantitative estimate of drug-likeness (QED) is 0.695. The van der Waals surface area contributed by atoms with Crippen molar-refractivity contribution in [2.24, 2.45) is 0 Å². The fraction of sp³-hybridized carbons (Fsp3) is 0.643. The van der Waals surface area contributed by atoms with Crippen molar-refractivity contribution in [3.63, 3.8) is 0 Å².